The van der Waals surface area contributed by atoms with Gasteiger partial charge in [-0.1, -0.05) is 13.8 Å². The summed E-state index contributed by atoms with van der Waals surface area (Å²) in [5.74, 6) is 1.26. The summed E-state index contributed by atoms with van der Waals surface area (Å²) in [5.41, 5.74) is 1.50. The molecule has 3 N–H and O–H groups in total. The Balaban J connectivity index is 1.91. The Bertz CT molecular complexity index is 683. The lowest BCUT2D eigenvalue weighted by molar-refractivity contribution is -0.117. The third kappa shape index (κ3) is 2.66. The zero-order chi connectivity index (χ0) is 15.0. The van der Waals surface area contributed by atoms with Crippen molar-refractivity contribution >= 4 is 39.7 Å². The number of carbonyl (C=O) groups excluding carboxylic acids is 1. The van der Waals surface area contributed by atoms with E-state index in [0.717, 1.165) is 10.8 Å². The molecule has 1 amide bonds. The molecule has 110 valence electrons. The molecule has 1 atom stereocenters. The van der Waals surface area contributed by atoms with Gasteiger partial charge in [-0.25, -0.2) is 15.0 Å². The summed E-state index contributed by atoms with van der Waals surface area (Å²) in [6, 6.07) is -0.289. The van der Waals surface area contributed by atoms with Gasteiger partial charge in [-0.05, 0) is 12.8 Å². The third-order valence-electron chi connectivity index (χ3n) is 3.18. The van der Waals surface area contributed by atoms with Crippen LogP contribution in [0, 0.1) is 12.8 Å². The number of hydrogen-bond acceptors (Lipinski definition) is 7. The molecule has 8 heteroatoms. The van der Waals surface area contributed by atoms with Gasteiger partial charge in [0.2, 0.25) is 5.91 Å². The van der Waals surface area contributed by atoms with Crippen LogP contribution in [0.1, 0.15) is 19.5 Å². The van der Waals surface area contributed by atoms with Crippen molar-refractivity contribution in [3.05, 3.63) is 17.4 Å². The SMILES string of the molecule is Cc1csc(Nc2ncnc3c2NC(=O)C(C(C)C)N3)n1. The molecule has 3 rings (SSSR count). The molecule has 21 heavy (non-hydrogen) atoms. The van der Waals surface area contributed by atoms with Crippen molar-refractivity contribution in [1.29, 1.82) is 0 Å². The number of rotatable bonds is 3. The first-order valence-electron chi connectivity index (χ1n) is 6.66. The number of aryl methyl sites for hydroxylation is 1. The predicted molar refractivity (Wildman–Crippen MR) is 83.0 cm³/mol. The highest BCUT2D eigenvalue weighted by Crippen LogP contribution is 2.33. The van der Waals surface area contributed by atoms with Gasteiger partial charge in [-0.2, -0.15) is 0 Å². The van der Waals surface area contributed by atoms with Crippen LogP contribution in [0.15, 0.2) is 11.7 Å². The molecule has 0 aromatic carbocycles. The van der Waals surface area contributed by atoms with Gasteiger partial charge in [0.1, 0.15) is 18.1 Å². The Kier molecular flexibility index (Phi) is 3.46. The Morgan fingerprint density at radius 2 is 2.19 bits per heavy atom. The van der Waals surface area contributed by atoms with Crippen LogP contribution in [0.3, 0.4) is 0 Å². The minimum atomic E-state index is -0.289. The molecular weight excluding hydrogens is 288 g/mol. The molecule has 1 unspecified atom stereocenters. The summed E-state index contributed by atoms with van der Waals surface area (Å²) in [4.78, 5) is 24.9. The van der Waals surface area contributed by atoms with Crippen molar-refractivity contribution in [2.24, 2.45) is 5.92 Å². The largest absolute Gasteiger partial charge is 0.356 e. The second kappa shape index (κ2) is 5.28. The molecule has 2 aromatic heterocycles. The molecule has 0 saturated carbocycles. The van der Waals surface area contributed by atoms with E-state index in [9.17, 15) is 4.79 Å². The Hall–Kier alpha value is -2.22. The molecule has 2 aromatic rings. The number of fused-ring (bicyclic) bond motifs is 1. The van der Waals surface area contributed by atoms with E-state index in [4.69, 9.17) is 0 Å². The summed E-state index contributed by atoms with van der Waals surface area (Å²) in [7, 11) is 0. The normalized spacial score (nSPS) is 17.1. The fraction of sp³-hybridized carbons (Fsp3) is 0.385. The van der Waals surface area contributed by atoms with Crippen molar-refractivity contribution < 1.29 is 4.79 Å². The van der Waals surface area contributed by atoms with Crippen molar-refractivity contribution in [2.75, 3.05) is 16.0 Å². The van der Waals surface area contributed by atoms with Gasteiger partial charge in [-0.3, -0.25) is 4.79 Å². The number of amides is 1. The Morgan fingerprint density at radius 3 is 2.86 bits per heavy atom. The molecule has 0 saturated heterocycles. The highest BCUT2D eigenvalue weighted by molar-refractivity contribution is 7.13. The average molecular weight is 304 g/mol. The van der Waals surface area contributed by atoms with Gasteiger partial charge in [0, 0.05) is 5.38 Å². The Labute approximate surface area is 126 Å². The van der Waals surface area contributed by atoms with Crippen LogP contribution in [-0.4, -0.2) is 26.9 Å². The van der Waals surface area contributed by atoms with Crippen molar-refractivity contribution in [1.82, 2.24) is 15.0 Å². The lowest BCUT2D eigenvalue weighted by atomic mass is 10.0. The van der Waals surface area contributed by atoms with E-state index >= 15 is 0 Å². The number of nitrogens with one attached hydrogen (secondary N) is 3. The van der Waals surface area contributed by atoms with Crippen LogP contribution in [-0.2, 0) is 4.79 Å². The Morgan fingerprint density at radius 1 is 1.38 bits per heavy atom. The zero-order valence-electron chi connectivity index (χ0n) is 12.0. The number of anilines is 4. The lowest BCUT2D eigenvalue weighted by Crippen LogP contribution is -2.43. The van der Waals surface area contributed by atoms with Crippen LogP contribution in [0.4, 0.5) is 22.5 Å². The summed E-state index contributed by atoms with van der Waals surface area (Å²) in [5, 5.41) is 11.8. The van der Waals surface area contributed by atoms with E-state index < -0.39 is 0 Å². The monoisotopic (exact) mass is 304 g/mol. The maximum absolute atomic E-state index is 12.1. The fourth-order valence-corrected chi connectivity index (χ4v) is 2.79. The molecule has 7 nitrogen and oxygen atoms in total. The predicted octanol–water partition coefficient (Wildman–Crippen LogP) is 2.37. The van der Waals surface area contributed by atoms with Crippen molar-refractivity contribution in [3.63, 3.8) is 0 Å². The molecule has 0 bridgehead atoms. The van der Waals surface area contributed by atoms with E-state index in [0.29, 0.717) is 17.3 Å². The minimum Gasteiger partial charge on any atom is -0.356 e. The number of carbonyl (C=O) groups is 1. The van der Waals surface area contributed by atoms with Gasteiger partial charge in [0.15, 0.2) is 16.8 Å². The molecule has 1 aliphatic heterocycles. The van der Waals surface area contributed by atoms with E-state index in [-0.39, 0.29) is 17.9 Å². The molecule has 0 radical (unpaired) electrons. The first-order chi connectivity index (χ1) is 10.0. The fourth-order valence-electron chi connectivity index (χ4n) is 2.10. The molecule has 0 fully saturated rings. The number of aromatic nitrogens is 3. The number of thiazole rings is 1. The van der Waals surface area contributed by atoms with Crippen LogP contribution < -0.4 is 16.0 Å². The van der Waals surface area contributed by atoms with E-state index in [2.05, 4.69) is 30.9 Å². The third-order valence-corrected chi connectivity index (χ3v) is 4.06. The number of nitrogens with zero attached hydrogens (tertiary/aromatic N) is 3. The van der Waals surface area contributed by atoms with Crippen LogP contribution >= 0.6 is 11.3 Å². The van der Waals surface area contributed by atoms with E-state index in [1.807, 2.05) is 26.2 Å². The zero-order valence-corrected chi connectivity index (χ0v) is 12.8. The summed E-state index contributed by atoms with van der Waals surface area (Å²) in [6.07, 6.45) is 1.46. The summed E-state index contributed by atoms with van der Waals surface area (Å²) < 4.78 is 0. The van der Waals surface area contributed by atoms with Crippen LogP contribution in [0.5, 0.6) is 0 Å². The maximum atomic E-state index is 12.1. The second-order valence-corrected chi connectivity index (χ2v) is 6.08. The molecule has 3 heterocycles. The van der Waals surface area contributed by atoms with Crippen molar-refractivity contribution in [2.45, 2.75) is 26.8 Å². The summed E-state index contributed by atoms with van der Waals surface area (Å²) >= 11 is 1.49. The quantitative estimate of drug-likeness (QED) is 0.806. The van der Waals surface area contributed by atoms with Gasteiger partial charge >= 0.3 is 0 Å². The standard InChI is InChI=1S/C13H16N6OS/c1-6(2)8-12(20)18-9-10(17-8)14-5-15-11(9)19-13-16-7(3)4-21-13/h4-6,8H,1-3H3,(H,18,20)(H2,14,15,16,17,19). The van der Waals surface area contributed by atoms with Gasteiger partial charge in [0.05, 0.1) is 5.69 Å². The van der Waals surface area contributed by atoms with E-state index in [1.54, 1.807) is 0 Å². The summed E-state index contributed by atoms with van der Waals surface area (Å²) in [6.45, 7) is 5.90. The van der Waals surface area contributed by atoms with Crippen LogP contribution in [0.25, 0.3) is 0 Å². The highest BCUT2D eigenvalue weighted by atomic mass is 32.1. The maximum Gasteiger partial charge on any atom is 0.247 e. The molecule has 0 spiro atoms. The van der Waals surface area contributed by atoms with Gasteiger partial charge in [-0.15, -0.1) is 11.3 Å². The molecular formula is C13H16N6OS. The van der Waals surface area contributed by atoms with Crippen molar-refractivity contribution in [3.8, 4) is 0 Å². The highest BCUT2D eigenvalue weighted by Gasteiger charge is 2.30. The number of hydrogen-bond donors (Lipinski definition) is 3. The van der Waals surface area contributed by atoms with Gasteiger partial charge in [0.25, 0.3) is 0 Å². The molecule has 1 aliphatic rings. The lowest BCUT2D eigenvalue weighted by Gasteiger charge is -2.29. The van der Waals surface area contributed by atoms with Gasteiger partial charge < -0.3 is 16.0 Å². The van der Waals surface area contributed by atoms with Crippen LogP contribution in [0.2, 0.25) is 0 Å². The molecule has 0 aliphatic carbocycles. The topological polar surface area (TPSA) is 91.8 Å². The minimum absolute atomic E-state index is 0.0781. The smallest absolute Gasteiger partial charge is 0.247 e. The van der Waals surface area contributed by atoms with E-state index in [1.165, 1.54) is 17.7 Å². The average Bonchev–Trinajstić information content (AvgIpc) is 2.84. The first kappa shape index (κ1) is 13.7. The second-order valence-electron chi connectivity index (χ2n) is 5.22. The first-order valence-corrected chi connectivity index (χ1v) is 7.54.